The second-order valence-corrected chi connectivity index (χ2v) is 5.07. The van der Waals surface area contributed by atoms with E-state index in [2.05, 4.69) is 11.1 Å². The number of carbonyl (C=O) groups is 1. The minimum absolute atomic E-state index is 0. The van der Waals surface area contributed by atoms with Gasteiger partial charge in [0.05, 0.1) is 20.0 Å². The molecular formula is C19H22NO4Rh-. The molecule has 0 spiro atoms. The number of aliphatic hydroxyl groups excluding tert-OH is 1. The van der Waals surface area contributed by atoms with Crippen molar-refractivity contribution in [3.63, 3.8) is 0 Å². The van der Waals surface area contributed by atoms with Crippen LogP contribution in [0.3, 0.4) is 0 Å². The summed E-state index contributed by atoms with van der Waals surface area (Å²) in [6.45, 7) is 4.86. The maximum atomic E-state index is 10.0. The van der Waals surface area contributed by atoms with Crippen LogP contribution in [0.5, 0.6) is 11.5 Å². The summed E-state index contributed by atoms with van der Waals surface area (Å²) in [5.41, 5.74) is 2.89. The van der Waals surface area contributed by atoms with Crippen LogP contribution in [0.4, 0.5) is 0 Å². The number of methoxy groups -OCH3 is 2. The number of pyridine rings is 1. The monoisotopic (exact) mass is 431 g/mol. The van der Waals surface area contributed by atoms with Gasteiger partial charge in [0.25, 0.3) is 0 Å². The van der Waals surface area contributed by atoms with Gasteiger partial charge in [-0.2, -0.15) is 0 Å². The molecule has 1 aromatic heterocycles. The van der Waals surface area contributed by atoms with Gasteiger partial charge in [-0.05, 0) is 31.7 Å². The van der Waals surface area contributed by atoms with E-state index in [1.807, 2.05) is 31.2 Å². The van der Waals surface area contributed by atoms with Gasteiger partial charge < -0.3 is 19.6 Å². The Bertz CT molecular complexity index is 725. The Morgan fingerprint density at radius 3 is 2.28 bits per heavy atom. The summed E-state index contributed by atoms with van der Waals surface area (Å²) in [6.07, 6.45) is 2.89. The Hall–Kier alpha value is -2.20. The van der Waals surface area contributed by atoms with Gasteiger partial charge in [0.2, 0.25) is 0 Å². The largest absolute Gasteiger partial charge is 0.540 e. The van der Waals surface area contributed by atoms with E-state index in [0.717, 1.165) is 28.3 Å². The van der Waals surface area contributed by atoms with Crippen molar-refractivity contribution < 1.29 is 38.9 Å². The second kappa shape index (κ2) is 11.4. The van der Waals surface area contributed by atoms with Crippen LogP contribution in [0.15, 0.2) is 42.3 Å². The average molecular weight is 431 g/mol. The summed E-state index contributed by atoms with van der Waals surface area (Å²) < 4.78 is 10.3. The molecule has 0 aliphatic carbocycles. The van der Waals surface area contributed by atoms with Crippen LogP contribution in [-0.2, 0) is 24.3 Å². The van der Waals surface area contributed by atoms with Crippen LogP contribution in [0.2, 0.25) is 0 Å². The zero-order valence-electron chi connectivity index (χ0n) is 14.9. The first kappa shape index (κ1) is 22.8. The molecule has 1 aromatic carbocycles. The fraction of sp³-hybridized carbons (Fsp3) is 0.263. The summed E-state index contributed by atoms with van der Waals surface area (Å²) >= 11 is 0. The van der Waals surface area contributed by atoms with Crippen LogP contribution in [0.25, 0.3) is 11.3 Å². The number of ketones is 1. The number of nitrogens with zero attached hydrogens (tertiary/aromatic N) is 1. The van der Waals surface area contributed by atoms with Crippen LogP contribution in [0, 0.1) is 13.0 Å². The zero-order chi connectivity index (χ0) is 18.1. The quantitative estimate of drug-likeness (QED) is 0.344. The summed E-state index contributed by atoms with van der Waals surface area (Å²) in [6, 6.07) is 10.7. The molecule has 1 heterocycles. The van der Waals surface area contributed by atoms with Gasteiger partial charge in [-0.1, -0.05) is 6.92 Å². The molecule has 0 fully saturated rings. The Morgan fingerprint density at radius 1 is 1.20 bits per heavy atom. The Kier molecular flexibility index (Phi) is 10.4. The van der Waals surface area contributed by atoms with E-state index in [1.54, 1.807) is 20.4 Å². The van der Waals surface area contributed by atoms with E-state index in [-0.39, 0.29) is 31.0 Å². The molecule has 137 valence electrons. The second-order valence-electron chi connectivity index (χ2n) is 5.07. The number of aryl methyl sites for hydroxylation is 1. The topological polar surface area (TPSA) is 68.7 Å². The van der Waals surface area contributed by atoms with Crippen molar-refractivity contribution in [2.24, 2.45) is 0 Å². The Balaban J connectivity index is 0.000000620. The van der Waals surface area contributed by atoms with Crippen molar-refractivity contribution in [1.29, 1.82) is 0 Å². The average Bonchev–Trinajstić information content (AvgIpc) is 2.54. The molecule has 6 heteroatoms. The Labute approximate surface area is 161 Å². The number of allylic oxidation sites excluding steroid dienone is 2. The minimum atomic E-state index is -0.125. The fourth-order valence-electron chi connectivity index (χ4n) is 1.95. The summed E-state index contributed by atoms with van der Waals surface area (Å²) in [4.78, 5) is 14.3. The zero-order valence-corrected chi connectivity index (χ0v) is 16.6. The molecule has 0 aliphatic rings. The number of hydrogen-bond acceptors (Lipinski definition) is 5. The first-order chi connectivity index (χ1) is 11.4. The maximum absolute atomic E-state index is 10.0. The third-order valence-electron chi connectivity index (χ3n) is 2.98. The number of carbonyl (C=O) groups excluding carboxylic acids is 1. The van der Waals surface area contributed by atoms with E-state index >= 15 is 0 Å². The number of aliphatic hydroxyl groups is 1. The fourth-order valence-corrected chi connectivity index (χ4v) is 1.95. The number of hydrogen-bond donors (Lipinski definition) is 1. The van der Waals surface area contributed by atoms with Gasteiger partial charge >= 0.3 is 0 Å². The van der Waals surface area contributed by atoms with Gasteiger partial charge in [0.15, 0.2) is 5.78 Å². The van der Waals surface area contributed by atoms with Crippen molar-refractivity contribution in [2.75, 3.05) is 14.2 Å². The van der Waals surface area contributed by atoms with E-state index in [4.69, 9.17) is 14.6 Å². The molecule has 2 aromatic rings. The molecule has 25 heavy (non-hydrogen) atoms. The smallest absolute Gasteiger partial charge is 0.155 e. The molecule has 2 rings (SSSR count). The van der Waals surface area contributed by atoms with Crippen molar-refractivity contribution in [3.8, 4) is 22.8 Å². The molecule has 0 bridgehead atoms. The standard InChI is InChI=1S/C14H14NO2.C5H8O2.Rh/c1-10-8-11(16-2)4-5-13(10)14-9-12(17-3)6-7-15-14;1-4(6)3-5(2)7;/h4,6-9H,1-3H3;3,6H,1-2H3;/q-1;;/b;4-3-;. The molecule has 0 aliphatic heterocycles. The Morgan fingerprint density at radius 2 is 1.84 bits per heavy atom. The SMILES string of the molecule is CC(=O)/C=C(/C)O.COc1ccnc(-c2[c-]cc(OC)cc2C)c1.[Rh]. The van der Waals surface area contributed by atoms with Gasteiger partial charge in [0.1, 0.15) is 5.75 Å². The molecular weight excluding hydrogens is 409 g/mol. The molecule has 0 saturated heterocycles. The summed E-state index contributed by atoms with van der Waals surface area (Å²) in [5, 5.41) is 8.36. The normalized spacial score (nSPS) is 10.0. The number of ether oxygens (including phenoxy) is 2. The molecule has 0 saturated carbocycles. The predicted molar refractivity (Wildman–Crippen MR) is 93.4 cm³/mol. The minimum Gasteiger partial charge on any atom is -0.540 e. The van der Waals surface area contributed by atoms with Gasteiger partial charge in [-0.3, -0.25) is 4.79 Å². The number of benzene rings is 1. The van der Waals surface area contributed by atoms with Crippen LogP contribution in [-0.4, -0.2) is 30.1 Å². The van der Waals surface area contributed by atoms with Gasteiger partial charge in [0, 0.05) is 37.5 Å². The maximum Gasteiger partial charge on any atom is 0.155 e. The van der Waals surface area contributed by atoms with Gasteiger partial charge in [-0.15, -0.1) is 29.3 Å². The third-order valence-corrected chi connectivity index (χ3v) is 2.98. The van der Waals surface area contributed by atoms with Crippen molar-refractivity contribution in [2.45, 2.75) is 20.8 Å². The molecule has 1 radical (unpaired) electrons. The summed E-state index contributed by atoms with van der Waals surface area (Å²) in [7, 11) is 3.29. The molecule has 0 amide bonds. The first-order valence-electron chi connectivity index (χ1n) is 7.32. The third kappa shape index (κ3) is 7.95. The van der Waals surface area contributed by atoms with Gasteiger partial charge in [-0.25, -0.2) is 0 Å². The van der Waals surface area contributed by atoms with Crippen molar-refractivity contribution >= 4 is 5.78 Å². The van der Waals surface area contributed by atoms with Crippen LogP contribution >= 0.6 is 0 Å². The van der Waals surface area contributed by atoms with Crippen molar-refractivity contribution in [1.82, 2.24) is 4.98 Å². The first-order valence-corrected chi connectivity index (χ1v) is 7.32. The molecule has 5 nitrogen and oxygen atoms in total. The molecule has 0 atom stereocenters. The van der Waals surface area contributed by atoms with E-state index < -0.39 is 0 Å². The number of rotatable bonds is 4. The van der Waals surface area contributed by atoms with E-state index in [0.29, 0.717) is 0 Å². The number of aromatic nitrogens is 1. The van der Waals surface area contributed by atoms with Crippen LogP contribution in [0.1, 0.15) is 19.4 Å². The van der Waals surface area contributed by atoms with E-state index in [1.165, 1.54) is 19.9 Å². The van der Waals surface area contributed by atoms with E-state index in [9.17, 15) is 4.79 Å². The molecule has 1 N–H and O–H groups in total. The predicted octanol–water partition coefficient (Wildman–Crippen LogP) is 3.91. The van der Waals surface area contributed by atoms with Crippen LogP contribution < -0.4 is 9.47 Å². The van der Waals surface area contributed by atoms with Crippen molar-refractivity contribution in [3.05, 3.63) is 53.9 Å². The summed E-state index contributed by atoms with van der Waals surface area (Å²) in [5.74, 6) is 1.53. The molecule has 0 unspecified atom stereocenters.